The van der Waals surface area contributed by atoms with Crippen molar-refractivity contribution in [2.45, 2.75) is 38.9 Å². The molecule has 1 aliphatic rings. The van der Waals surface area contributed by atoms with Crippen molar-refractivity contribution >= 4 is 11.8 Å². The zero-order chi connectivity index (χ0) is 17.1. The molecule has 1 N–H and O–H groups in total. The molecule has 0 unspecified atom stereocenters. The molecule has 1 aromatic heterocycles. The average Bonchev–Trinajstić information content (AvgIpc) is 3.12. The number of furan rings is 1. The van der Waals surface area contributed by atoms with E-state index in [0.29, 0.717) is 24.2 Å². The molecule has 5 nitrogen and oxygen atoms in total. The number of aryl methyl sites for hydroxylation is 1. The van der Waals surface area contributed by atoms with Crippen molar-refractivity contribution in [3.63, 3.8) is 0 Å². The predicted molar refractivity (Wildman–Crippen MR) is 85.3 cm³/mol. The molecule has 0 aliphatic carbocycles. The monoisotopic (exact) mass is 330 g/mol. The third kappa shape index (κ3) is 3.64. The topological polar surface area (TPSA) is 62.6 Å². The van der Waals surface area contributed by atoms with E-state index in [0.717, 1.165) is 5.76 Å². The lowest BCUT2D eigenvalue weighted by Gasteiger charge is -2.23. The lowest BCUT2D eigenvalue weighted by atomic mass is 10.2. The van der Waals surface area contributed by atoms with E-state index < -0.39 is 6.04 Å². The summed E-state index contributed by atoms with van der Waals surface area (Å²) in [6.45, 7) is 2.35. The van der Waals surface area contributed by atoms with Gasteiger partial charge in [0.05, 0.1) is 6.54 Å². The van der Waals surface area contributed by atoms with Crippen LogP contribution in [0.2, 0.25) is 0 Å². The normalized spacial score (nSPS) is 17.3. The molecule has 126 valence electrons. The van der Waals surface area contributed by atoms with Crippen molar-refractivity contribution in [2.75, 3.05) is 0 Å². The van der Waals surface area contributed by atoms with E-state index in [4.69, 9.17) is 4.42 Å². The van der Waals surface area contributed by atoms with Crippen LogP contribution in [0.3, 0.4) is 0 Å². The molecule has 2 heterocycles. The number of rotatable bonds is 5. The Morgan fingerprint density at radius 2 is 2.21 bits per heavy atom. The van der Waals surface area contributed by atoms with E-state index in [1.165, 1.54) is 12.1 Å². The number of nitrogens with one attached hydrogen (secondary N) is 1. The van der Waals surface area contributed by atoms with Gasteiger partial charge in [0.25, 0.3) is 0 Å². The van der Waals surface area contributed by atoms with Crippen molar-refractivity contribution in [1.82, 2.24) is 10.2 Å². The first-order valence-electron chi connectivity index (χ1n) is 7.90. The highest BCUT2D eigenvalue weighted by Gasteiger charge is 2.36. The SMILES string of the molecule is Cc1ccc(CN2C(=O)CC[C@@H]2C(=O)NCc2cccc(F)c2)o1. The largest absolute Gasteiger partial charge is 0.464 e. The van der Waals surface area contributed by atoms with Gasteiger partial charge < -0.3 is 14.6 Å². The third-order valence-corrected chi connectivity index (χ3v) is 4.11. The maximum Gasteiger partial charge on any atom is 0.243 e. The quantitative estimate of drug-likeness (QED) is 0.916. The Bertz CT molecular complexity index is 756. The van der Waals surface area contributed by atoms with Crippen LogP contribution in [0, 0.1) is 12.7 Å². The number of halogens is 1. The molecule has 1 aliphatic heterocycles. The molecule has 1 fully saturated rings. The summed E-state index contributed by atoms with van der Waals surface area (Å²) in [7, 11) is 0. The van der Waals surface area contributed by atoms with Gasteiger partial charge in [-0.1, -0.05) is 12.1 Å². The number of carbonyl (C=O) groups excluding carboxylic acids is 2. The van der Waals surface area contributed by atoms with Gasteiger partial charge in [-0.3, -0.25) is 9.59 Å². The van der Waals surface area contributed by atoms with Crippen LogP contribution in [0.4, 0.5) is 4.39 Å². The Kier molecular flexibility index (Phi) is 4.64. The highest BCUT2D eigenvalue weighted by Crippen LogP contribution is 2.22. The first-order chi connectivity index (χ1) is 11.5. The van der Waals surface area contributed by atoms with Gasteiger partial charge in [-0.15, -0.1) is 0 Å². The number of benzene rings is 1. The van der Waals surface area contributed by atoms with E-state index in [9.17, 15) is 14.0 Å². The number of nitrogens with zero attached hydrogens (tertiary/aromatic N) is 1. The second-order valence-corrected chi connectivity index (χ2v) is 5.94. The fourth-order valence-electron chi connectivity index (χ4n) is 2.90. The molecule has 1 atom stereocenters. The number of amides is 2. The van der Waals surface area contributed by atoms with Gasteiger partial charge in [-0.25, -0.2) is 4.39 Å². The Morgan fingerprint density at radius 1 is 1.38 bits per heavy atom. The molecule has 24 heavy (non-hydrogen) atoms. The van der Waals surface area contributed by atoms with E-state index in [-0.39, 0.29) is 30.7 Å². The minimum atomic E-state index is -0.517. The predicted octanol–water partition coefficient (Wildman–Crippen LogP) is 2.53. The summed E-state index contributed by atoms with van der Waals surface area (Å²) in [5.74, 6) is 0.797. The van der Waals surface area contributed by atoms with Crippen molar-refractivity contribution < 1.29 is 18.4 Å². The van der Waals surface area contributed by atoms with Crippen molar-refractivity contribution in [1.29, 1.82) is 0 Å². The molecule has 2 aromatic rings. The number of likely N-dealkylation sites (tertiary alicyclic amines) is 1. The summed E-state index contributed by atoms with van der Waals surface area (Å²) >= 11 is 0. The van der Waals surface area contributed by atoms with Crippen LogP contribution in [-0.2, 0) is 22.7 Å². The minimum Gasteiger partial charge on any atom is -0.464 e. The molecule has 6 heteroatoms. The third-order valence-electron chi connectivity index (χ3n) is 4.11. The average molecular weight is 330 g/mol. The zero-order valence-electron chi connectivity index (χ0n) is 13.4. The van der Waals surface area contributed by atoms with E-state index in [2.05, 4.69) is 5.32 Å². The van der Waals surface area contributed by atoms with Gasteiger partial charge in [0.1, 0.15) is 23.4 Å². The number of hydrogen-bond donors (Lipinski definition) is 1. The fourth-order valence-corrected chi connectivity index (χ4v) is 2.90. The maximum atomic E-state index is 13.2. The van der Waals surface area contributed by atoms with Crippen LogP contribution >= 0.6 is 0 Å². The van der Waals surface area contributed by atoms with Crippen LogP contribution < -0.4 is 5.32 Å². The summed E-state index contributed by atoms with van der Waals surface area (Å²) in [6.07, 6.45) is 0.825. The van der Waals surface area contributed by atoms with Crippen LogP contribution in [0.1, 0.15) is 29.9 Å². The van der Waals surface area contributed by atoms with Gasteiger partial charge in [0.15, 0.2) is 0 Å². The van der Waals surface area contributed by atoms with E-state index in [1.54, 1.807) is 17.0 Å². The Morgan fingerprint density at radius 3 is 2.92 bits per heavy atom. The lowest BCUT2D eigenvalue weighted by Crippen LogP contribution is -2.44. The second-order valence-electron chi connectivity index (χ2n) is 5.94. The van der Waals surface area contributed by atoms with Crippen molar-refractivity contribution in [3.8, 4) is 0 Å². The smallest absolute Gasteiger partial charge is 0.243 e. The first kappa shape index (κ1) is 16.2. The van der Waals surface area contributed by atoms with Crippen molar-refractivity contribution in [2.24, 2.45) is 0 Å². The van der Waals surface area contributed by atoms with Crippen LogP contribution in [0.25, 0.3) is 0 Å². The summed E-state index contributed by atoms with van der Waals surface area (Å²) < 4.78 is 18.7. The second kappa shape index (κ2) is 6.86. The fraction of sp³-hybridized carbons (Fsp3) is 0.333. The number of hydrogen-bond acceptors (Lipinski definition) is 3. The van der Waals surface area contributed by atoms with Crippen molar-refractivity contribution in [3.05, 3.63) is 59.3 Å². The zero-order valence-corrected chi connectivity index (χ0v) is 13.4. The summed E-state index contributed by atoms with van der Waals surface area (Å²) in [6, 6.07) is 9.19. The molecule has 0 spiro atoms. The molecular weight excluding hydrogens is 311 g/mol. The van der Waals surface area contributed by atoms with E-state index in [1.807, 2.05) is 19.1 Å². The Labute approximate surface area is 139 Å². The molecule has 1 aromatic carbocycles. The van der Waals surface area contributed by atoms with Crippen LogP contribution in [-0.4, -0.2) is 22.8 Å². The van der Waals surface area contributed by atoms with Gasteiger partial charge in [0.2, 0.25) is 11.8 Å². The number of carbonyl (C=O) groups is 2. The van der Waals surface area contributed by atoms with Gasteiger partial charge >= 0.3 is 0 Å². The summed E-state index contributed by atoms with van der Waals surface area (Å²) in [4.78, 5) is 26.0. The molecule has 0 radical (unpaired) electrons. The lowest BCUT2D eigenvalue weighted by molar-refractivity contribution is -0.136. The van der Waals surface area contributed by atoms with E-state index >= 15 is 0 Å². The standard InChI is InChI=1S/C18H19FN2O3/c1-12-5-6-15(24-12)11-21-16(7-8-17(21)22)18(23)20-10-13-3-2-4-14(19)9-13/h2-6,9,16H,7-8,10-11H2,1H3,(H,20,23)/t16-/m1/s1. The maximum absolute atomic E-state index is 13.2. The van der Waals surface area contributed by atoms with Gasteiger partial charge in [-0.2, -0.15) is 0 Å². The highest BCUT2D eigenvalue weighted by molar-refractivity contribution is 5.90. The Hall–Kier alpha value is -2.63. The van der Waals surface area contributed by atoms with Gasteiger partial charge in [-0.05, 0) is 43.2 Å². The molecular formula is C18H19FN2O3. The summed E-state index contributed by atoms with van der Waals surface area (Å²) in [5, 5.41) is 2.78. The molecule has 3 rings (SSSR count). The Balaban J connectivity index is 1.63. The highest BCUT2D eigenvalue weighted by atomic mass is 19.1. The molecule has 0 bridgehead atoms. The molecule has 1 saturated heterocycles. The summed E-state index contributed by atoms with van der Waals surface area (Å²) in [5.41, 5.74) is 0.681. The molecule has 2 amide bonds. The van der Waals surface area contributed by atoms with Crippen LogP contribution in [0.15, 0.2) is 40.8 Å². The minimum absolute atomic E-state index is 0.0602. The van der Waals surface area contributed by atoms with Gasteiger partial charge in [0, 0.05) is 13.0 Å². The van der Waals surface area contributed by atoms with Crippen LogP contribution in [0.5, 0.6) is 0 Å². The first-order valence-corrected chi connectivity index (χ1v) is 7.90. The molecule has 0 saturated carbocycles.